The Morgan fingerprint density at radius 3 is 2.90 bits per heavy atom. The summed E-state index contributed by atoms with van der Waals surface area (Å²) in [7, 11) is 0. The maximum atomic E-state index is 12.4. The molecule has 0 aliphatic carbocycles. The van der Waals surface area contributed by atoms with Gasteiger partial charge in [0.05, 0.1) is 11.8 Å². The third-order valence-electron chi connectivity index (χ3n) is 3.37. The summed E-state index contributed by atoms with van der Waals surface area (Å²) in [5.74, 6) is -0.481. The van der Waals surface area contributed by atoms with Crippen LogP contribution in [0.25, 0.3) is 16.6 Å². The normalized spacial score (nSPS) is 13.1. The quantitative estimate of drug-likeness (QED) is 0.781. The Bertz CT molecular complexity index is 871. The molecule has 0 amide bonds. The van der Waals surface area contributed by atoms with Gasteiger partial charge in [-0.3, -0.25) is 9.20 Å². The second-order valence-corrected chi connectivity index (χ2v) is 4.57. The molecule has 0 aliphatic rings. The third kappa shape index (κ3) is 1.56. The van der Waals surface area contributed by atoms with Gasteiger partial charge in [0.2, 0.25) is 0 Å². The molecule has 3 rings (SSSR count). The topological polar surface area (TPSA) is 89.7 Å². The van der Waals surface area contributed by atoms with E-state index in [1.54, 1.807) is 22.8 Å². The summed E-state index contributed by atoms with van der Waals surface area (Å²) in [6.45, 7) is 3.33. The smallest absolute Gasteiger partial charge is 0.328 e. The van der Waals surface area contributed by atoms with Crippen molar-refractivity contribution < 1.29 is 14.3 Å². The fourth-order valence-electron chi connectivity index (χ4n) is 2.29. The molecule has 0 unspecified atom stereocenters. The molecule has 0 spiro atoms. The van der Waals surface area contributed by atoms with Gasteiger partial charge in [0.1, 0.15) is 11.3 Å². The van der Waals surface area contributed by atoms with Gasteiger partial charge in [0, 0.05) is 18.6 Å². The lowest BCUT2D eigenvalue weighted by atomic mass is 10.3. The van der Waals surface area contributed by atoms with Gasteiger partial charge in [-0.25, -0.2) is 9.48 Å². The third-order valence-corrected chi connectivity index (χ3v) is 3.37. The summed E-state index contributed by atoms with van der Waals surface area (Å²) >= 11 is 0. The summed E-state index contributed by atoms with van der Waals surface area (Å²) in [6.07, 6.45) is 2.11. The van der Waals surface area contributed by atoms with Crippen LogP contribution in [0.3, 0.4) is 0 Å². The predicted molar refractivity (Wildman–Crippen MR) is 70.9 cm³/mol. The maximum absolute atomic E-state index is 12.4. The van der Waals surface area contributed by atoms with Crippen molar-refractivity contribution in [3.8, 4) is 0 Å². The number of aromatic nitrogens is 3. The van der Waals surface area contributed by atoms with Crippen molar-refractivity contribution in [2.45, 2.75) is 26.3 Å². The monoisotopic (exact) mass is 275 g/mol. The first kappa shape index (κ1) is 12.5. The van der Waals surface area contributed by atoms with Crippen LogP contribution in [0.1, 0.15) is 25.7 Å². The Kier molecular flexibility index (Phi) is 2.63. The standard InChI is InChI=1S/C13H13N3O4/c1-3-11-14-16(7(2)13(18)19)12(17)9-6-10-8(15(9)11)4-5-20-10/h4-7H,3H2,1-2H3,(H,18,19)/t7-/m0/s1. The zero-order valence-corrected chi connectivity index (χ0v) is 11.0. The van der Waals surface area contributed by atoms with Crippen molar-refractivity contribution >= 4 is 22.6 Å². The number of hydrogen-bond donors (Lipinski definition) is 1. The van der Waals surface area contributed by atoms with Crippen molar-refractivity contribution in [1.82, 2.24) is 14.2 Å². The molecule has 0 saturated carbocycles. The minimum atomic E-state index is -1.10. The number of nitrogens with zero attached hydrogens (tertiary/aromatic N) is 3. The molecule has 1 N–H and O–H groups in total. The zero-order chi connectivity index (χ0) is 14.4. The molecule has 3 heterocycles. The van der Waals surface area contributed by atoms with E-state index in [4.69, 9.17) is 9.52 Å². The van der Waals surface area contributed by atoms with Gasteiger partial charge in [0.25, 0.3) is 5.56 Å². The van der Waals surface area contributed by atoms with Crippen molar-refractivity contribution in [2.24, 2.45) is 0 Å². The number of aliphatic carboxylic acids is 1. The highest BCUT2D eigenvalue weighted by Crippen LogP contribution is 2.21. The van der Waals surface area contributed by atoms with E-state index in [9.17, 15) is 9.59 Å². The van der Waals surface area contributed by atoms with Gasteiger partial charge in [-0.1, -0.05) is 6.92 Å². The number of rotatable bonds is 3. The minimum absolute atomic E-state index is 0.374. The van der Waals surface area contributed by atoms with E-state index in [0.717, 1.165) is 10.2 Å². The summed E-state index contributed by atoms with van der Waals surface area (Å²) < 4.78 is 8.02. The predicted octanol–water partition coefficient (Wildman–Crippen LogP) is 1.45. The molecule has 1 atom stereocenters. The molecule has 0 aliphatic heterocycles. The second kappa shape index (κ2) is 4.22. The van der Waals surface area contributed by atoms with E-state index in [0.29, 0.717) is 23.3 Å². The van der Waals surface area contributed by atoms with Gasteiger partial charge in [0.15, 0.2) is 11.6 Å². The number of fused-ring (bicyclic) bond motifs is 3. The first-order valence-corrected chi connectivity index (χ1v) is 6.27. The molecule has 3 aromatic rings. The molecule has 0 fully saturated rings. The first-order valence-electron chi connectivity index (χ1n) is 6.27. The fraction of sp³-hybridized carbons (Fsp3) is 0.308. The molecule has 7 heteroatoms. The van der Waals surface area contributed by atoms with Crippen molar-refractivity contribution in [1.29, 1.82) is 0 Å². The van der Waals surface area contributed by atoms with Crippen LogP contribution >= 0.6 is 0 Å². The second-order valence-electron chi connectivity index (χ2n) is 4.57. The van der Waals surface area contributed by atoms with Crippen LogP contribution in [0.15, 0.2) is 27.6 Å². The van der Waals surface area contributed by atoms with Crippen LogP contribution in [-0.4, -0.2) is 25.3 Å². The van der Waals surface area contributed by atoms with E-state index in [-0.39, 0.29) is 0 Å². The van der Waals surface area contributed by atoms with Gasteiger partial charge >= 0.3 is 5.97 Å². The number of aryl methyl sites for hydroxylation is 1. The van der Waals surface area contributed by atoms with Crippen molar-refractivity contribution in [3.05, 3.63) is 34.6 Å². The SMILES string of the molecule is CCc1nn([C@@H](C)C(=O)O)c(=O)c2cc3occc3n12. The summed E-state index contributed by atoms with van der Waals surface area (Å²) in [4.78, 5) is 23.5. The first-order chi connectivity index (χ1) is 9.54. The van der Waals surface area contributed by atoms with Crippen LogP contribution in [-0.2, 0) is 11.2 Å². The number of furan rings is 1. The van der Waals surface area contributed by atoms with E-state index in [1.807, 2.05) is 6.92 Å². The van der Waals surface area contributed by atoms with E-state index in [2.05, 4.69) is 5.10 Å². The van der Waals surface area contributed by atoms with Crippen LogP contribution in [0.4, 0.5) is 0 Å². The Balaban J connectivity index is 2.44. The molecule has 0 saturated heterocycles. The van der Waals surface area contributed by atoms with Crippen LogP contribution in [0.5, 0.6) is 0 Å². The Hall–Kier alpha value is -2.57. The zero-order valence-electron chi connectivity index (χ0n) is 11.0. The lowest BCUT2D eigenvalue weighted by molar-refractivity contribution is -0.140. The Labute approximate surface area is 113 Å². The minimum Gasteiger partial charge on any atom is -0.480 e. The van der Waals surface area contributed by atoms with Crippen molar-refractivity contribution in [3.63, 3.8) is 0 Å². The molecule has 104 valence electrons. The van der Waals surface area contributed by atoms with Gasteiger partial charge in [-0.15, -0.1) is 0 Å². The molecule has 0 bridgehead atoms. The maximum Gasteiger partial charge on any atom is 0.328 e. The highest BCUT2D eigenvalue weighted by Gasteiger charge is 2.21. The lowest BCUT2D eigenvalue weighted by Gasteiger charge is -2.12. The average molecular weight is 275 g/mol. The van der Waals surface area contributed by atoms with E-state index >= 15 is 0 Å². The van der Waals surface area contributed by atoms with Crippen molar-refractivity contribution in [2.75, 3.05) is 0 Å². The fourth-order valence-corrected chi connectivity index (χ4v) is 2.29. The largest absolute Gasteiger partial charge is 0.480 e. The summed E-state index contributed by atoms with van der Waals surface area (Å²) in [6, 6.07) is 2.36. The van der Waals surface area contributed by atoms with Gasteiger partial charge < -0.3 is 9.52 Å². The number of carboxylic acid groups (broad SMARTS) is 1. The van der Waals surface area contributed by atoms with Crippen LogP contribution in [0, 0.1) is 0 Å². The Morgan fingerprint density at radius 2 is 2.25 bits per heavy atom. The molecular formula is C13H13N3O4. The van der Waals surface area contributed by atoms with Gasteiger partial charge in [-0.2, -0.15) is 5.10 Å². The average Bonchev–Trinajstić information content (AvgIpc) is 2.99. The summed E-state index contributed by atoms with van der Waals surface area (Å²) in [5.41, 5.74) is 1.28. The van der Waals surface area contributed by atoms with Crippen LogP contribution in [0.2, 0.25) is 0 Å². The molecule has 20 heavy (non-hydrogen) atoms. The van der Waals surface area contributed by atoms with E-state index < -0.39 is 17.6 Å². The molecular weight excluding hydrogens is 262 g/mol. The highest BCUT2D eigenvalue weighted by molar-refractivity contribution is 5.82. The number of carboxylic acids is 1. The molecule has 7 nitrogen and oxygen atoms in total. The number of hydrogen-bond acceptors (Lipinski definition) is 4. The lowest BCUT2D eigenvalue weighted by Crippen LogP contribution is -2.32. The molecule has 0 radical (unpaired) electrons. The molecule has 0 aromatic carbocycles. The Morgan fingerprint density at radius 1 is 1.50 bits per heavy atom. The van der Waals surface area contributed by atoms with Gasteiger partial charge in [-0.05, 0) is 6.92 Å². The number of carbonyl (C=O) groups is 1. The highest BCUT2D eigenvalue weighted by atomic mass is 16.4. The summed E-state index contributed by atoms with van der Waals surface area (Å²) in [5, 5.41) is 13.3. The van der Waals surface area contributed by atoms with Crippen LogP contribution < -0.4 is 5.56 Å². The van der Waals surface area contributed by atoms with E-state index in [1.165, 1.54) is 6.92 Å². The molecule has 3 aromatic heterocycles.